The van der Waals surface area contributed by atoms with Crippen molar-refractivity contribution >= 4 is 86.8 Å². The van der Waals surface area contributed by atoms with Gasteiger partial charge in [0.1, 0.15) is 0 Å². The van der Waals surface area contributed by atoms with Crippen LogP contribution in [0, 0.1) is 0 Å². The van der Waals surface area contributed by atoms with Crippen LogP contribution in [-0.4, -0.2) is 29.9 Å². The number of nitrogens with zero attached hydrogens (tertiary/aromatic N) is 6. The number of hydrogen-bond donors (Lipinski definition) is 0. The van der Waals surface area contributed by atoms with E-state index in [1.807, 2.05) is 42.5 Å². The topological polar surface area (TPSA) is 77.3 Å². The smallest absolute Gasteiger partial charge is 0.160 e. The van der Waals surface area contributed by atoms with Crippen LogP contribution in [0.1, 0.15) is 125 Å². The number of para-hydroxylation sites is 5. The van der Waals surface area contributed by atoms with E-state index in [9.17, 15) is 0 Å². The van der Waals surface area contributed by atoms with Crippen LogP contribution in [0.15, 0.2) is 400 Å². The minimum Gasteiger partial charge on any atom is -0.244 e. The normalized spacial score (nSPS) is 14.5. The maximum atomic E-state index is 5.36. The summed E-state index contributed by atoms with van der Waals surface area (Å²) >= 11 is 0. The van der Waals surface area contributed by atoms with E-state index in [0.717, 1.165) is 101 Å². The van der Waals surface area contributed by atoms with Gasteiger partial charge in [-0.2, -0.15) is 0 Å². The van der Waals surface area contributed by atoms with Gasteiger partial charge in [0.2, 0.25) is 0 Å². The third kappa shape index (κ3) is 12.9. The zero-order valence-electron chi connectivity index (χ0n) is 78.3. The second-order valence-corrected chi connectivity index (χ2v) is 40.8. The Balaban J connectivity index is 0.000000107. The van der Waals surface area contributed by atoms with Crippen molar-refractivity contribution in [2.75, 3.05) is 0 Å². The first kappa shape index (κ1) is 81.5. The summed E-state index contributed by atoms with van der Waals surface area (Å²) in [5.41, 5.74) is 44.3. The van der Waals surface area contributed by atoms with Crippen molar-refractivity contribution < 1.29 is 0 Å². The zero-order valence-corrected chi connectivity index (χ0v) is 78.3. The molecule has 3 aromatic heterocycles. The fraction of sp³-hybridized carbons (Fsp3) is 0.115. The number of rotatable bonds is 7. The second-order valence-electron chi connectivity index (χ2n) is 40.8. The quantitative estimate of drug-likeness (QED) is 0.158. The molecule has 0 spiro atoms. The Bertz CT molecular complexity index is 8940. The van der Waals surface area contributed by atoms with Gasteiger partial charge in [-0.25, -0.2) is 29.9 Å². The molecule has 0 N–H and O–H groups in total. The average Bonchev–Trinajstić information content (AvgIpc) is 1.59. The lowest BCUT2D eigenvalue weighted by molar-refractivity contribution is 0.661. The second kappa shape index (κ2) is 30.4. The van der Waals surface area contributed by atoms with E-state index < -0.39 is 0 Å². The third-order valence-electron chi connectivity index (χ3n) is 31.1. The van der Waals surface area contributed by atoms with Crippen LogP contribution in [0.2, 0.25) is 0 Å². The summed E-state index contributed by atoms with van der Waals surface area (Å²) in [6.07, 6.45) is 0. The molecule has 5 aliphatic carbocycles. The Labute approximate surface area is 797 Å². The van der Waals surface area contributed by atoms with Gasteiger partial charge in [-0.15, -0.1) is 0 Å². The molecule has 650 valence electrons. The van der Waals surface area contributed by atoms with Gasteiger partial charge in [0.05, 0.1) is 56.1 Å². The van der Waals surface area contributed by atoms with Gasteiger partial charge in [0.15, 0.2) is 5.82 Å². The molecule has 0 bridgehead atoms. The molecule has 0 aliphatic heterocycles. The van der Waals surface area contributed by atoms with E-state index in [1.165, 1.54) is 176 Å². The van der Waals surface area contributed by atoms with E-state index in [0.29, 0.717) is 0 Å². The molecule has 6 heteroatoms. The molecule has 23 aromatic rings. The highest BCUT2D eigenvalue weighted by atomic mass is 14.9. The van der Waals surface area contributed by atoms with Gasteiger partial charge in [0, 0.05) is 65.8 Å². The summed E-state index contributed by atoms with van der Waals surface area (Å²) in [5, 5.41) is 13.9. The van der Waals surface area contributed by atoms with Crippen molar-refractivity contribution in [1.82, 2.24) is 29.9 Å². The Morgan fingerprint density at radius 2 is 0.350 bits per heavy atom. The third-order valence-corrected chi connectivity index (χ3v) is 31.1. The molecule has 0 atom stereocenters. The maximum Gasteiger partial charge on any atom is 0.160 e. The molecular weight excluding hydrogens is 1660 g/mol. The average molecular weight is 1750 g/mol. The van der Waals surface area contributed by atoms with E-state index >= 15 is 0 Å². The maximum absolute atomic E-state index is 5.36. The summed E-state index contributed by atoms with van der Waals surface area (Å²) in [4.78, 5) is 31.6. The summed E-state index contributed by atoms with van der Waals surface area (Å²) < 4.78 is 0. The molecule has 5 aliphatic rings. The Morgan fingerprint density at radius 3 is 0.657 bits per heavy atom. The van der Waals surface area contributed by atoms with Crippen LogP contribution in [0.5, 0.6) is 0 Å². The molecule has 6 nitrogen and oxygen atoms in total. The molecule has 137 heavy (non-hydrogen) atoms. The molecule has 0 amide bonds. The van der Waals surface area contributed by atoms with Crippen molar-refractivity contribution in [3.05, 3.63) is 456 Å². The van der Waals surface area contributed by atoms with E-state index in [4.69, 9.17) is 29.9 Å². The highest BCUT2D eigenvalue weighted by molar-refractivity contribution is 6.03. The fourth-order valence-electron chi connectivity index (χ4n) is 23.5. The lowest BCUT2D eigenvalue weighted by Crippen LogP contribution is -2.15. The number of hydrogen-bond acceptors (Lipinski definition) is 6. The Hall–Kier alpha value is -16.3. The van der Waals surface area contributed by atoms with Crippen molar-refractivity contribution in [3.63, 3.8) is 0 Å². The lowest BCUT2D eigenvalue weighted by Gasteiger charge is -2.23. The predicted molar refractivity (Wildman–Crippen MR) is 572 cm³/mol. The largest absolute Gasteiger partial charge is 0.244 e. The Kier molecular flexibility index (Phi) is 18.1. The minimum absolute atomic E-state index is 0.119. The molecule has 0 unspecified atom stereocenters. The molecule has 28 rings (SSSR count). The molecule has 0 fully saturated rings. The lowest BCUT2D eigenvalue weighted by atomic mass is 9.80. The minimum atomic E-state index is -0.137. The molecule has 0 saturated carbocycles. The van der Waals surface area contributed by atoms with E-state index in [2.05, 4.69) is 427 Å². The van der Waals surface area contributed by atoms with Crippen molar-refractivity contribution in [1.29, 1.82) is 0 Å². The molecule has 0 saturated heterocycles. The van der Waals surface area contributed by atoms with Crippen LogP contribution >= 0.6 is 0 Å². The van der Waals surface area contributed by atoms with Gasteiger partial charge in [-0.1, -0.05) is 348 Å². The SMILES string of the molecule is CC1(C)c2cc(-c3nc(-c4ccc5c(c4)C(C)(C)c4cc6ccccc6cc4-5)c4ccccc4n3)ccc2-c2cc3ccccc3cc21.CC1(C)c2cc(-c3nc4ccccc4nc3-c3ccc(-c4ccccc4)cc3)ccc2-c2cc3ccccc3cc21.CC1(C)c2cc(-c3nc4ccccc4nc3-c3ccc4c(c3)C(C)(C)c3cc5ccccc5cc3-4)ccc2-c2cc3ccccc3cc21. The summed E-state index contributed by atoms with van der Waals surface area (Å²) in [6, 6.07) is 146. The monoisotopic (exact) mass is 1750 g/mol. The first-order chi connectivity index (χ1) is 66.6. The standard InChI is InChI=1S/2C46H34N2.C39H28N2/c1-45(2)37-25-31(17-19-33(37)35-21-27-11-5-7-13-29(27)23-39(35)45)43-44(48-42-16-10-9-15-41(42)47-43)32-18-20-34-36-22-28-12-6-8-14-30(28)24-40(36)46(3,4)38(34)26-32;1-45(2)38-25-31(17-19-33(38)36-21-27-11-5-7-13-29(27)23-40(36)45)43-35-15-9-10-16-42(35)47-44(48-43)32-18-20-34-37-22-28-12-6-8-14-30(28)24-41(37)46(3,4)39(34)26-32;1-39(2)33-24-30(20-21-31(33)32-22-28-12-6-7-13-29(28)23-34(32)39)38-37(40-35-14-8-9-15-36(35)41-38)27-18-16-26(17-19-27)25-10-4-3-5-11-25/h2*5-26H,1-4H3;3-24H,1-2H3. The van der Waals surface area contributed by atoms with Crippen molar-refractivity contribution in [2.24, 2.45) is 0 Å². The molecule has 3 heterocycles. The van der Waals surface area contributed by atoms with E-state index in [1.54, 1.807) is 0 Å². The highest BCUT2D eigenvalue weighted by Gasteiger charge is 2.43. The predicted octanol–water partition coefficient (Wildman–Crippen LogP) is 33.9. The first-order valence-electron chi connectivity index (χ1n) is 48.0. The van der Waals surface area contributed by atoms with Gasteiger partial charge >= 0.3 is 0 Å². The van der Waals surface area contributed by atoms with E-state index in [-0.39, 0.29) is 27.1 Å². The van der Waals surface area contributed by atoms with Crippen LogP contribution in [-0.2, 0) is 27.1 Å². The number of aromatic nitrogens is 6. The van der Waals surface area contributed by atoms with Crippen LogP contribution in [0.3, 0.4) is 0 Å². The van der Waals surface area contributed by atoms with Crippen molar-refractivity contribution in [3.8, 4) is 134 Å². The van der Waals surface area contributed by atoms with Crippen molar-refractivity contribution in [2.45, 2.75) is 96.3 Å². The van der Waals surface area contributed by atoms with Gasteiger partial charge in [0.25, 0.3) is 0 Å². The number of fused-ring (bicyclic) bond motifs is 23. The summed E-state index contributed by atoms with van der Waals surface area (Å²) in [6.45, 7) is 23.5. The number of benzene rings is 20. The molecule has 0 radical (unpaired) electrons. The van der Waals surface area contributed by atoms with Gasteiger partial charge in [-0.05, 0) is 298 Å². The summed E-state index contributed by atoms with van der Waals surface area (Å²) in [5.74, 6) is 0.762. The highest BCUT2D eigenvalue weighted by Crippen LogP contribution is 2.58. The Morgan fingerprint density at radius 1 is 0.139 bits per heavy atom. The summed E-state index contributed by atoms with van der Waals surface area (Å²) in [7, 11) is 0. The van der Waals surface area contributed by atoms with Gasteiger partial charge in [-0.3, -0.25) is 0 Å². The zero-order chi connectivity index (χ0) is 92.3. The molecular formula is C131H96N6. The fourth-order valence-corrected chi connectivity index (χ4v) is 23.5. The van der Waals surface area contributed by atoms with Crippen LogP contribution < -0.4 is 0 Å². The van der Waals surface area contributed by atoms with Gasteiger partial charge < -0.3 is 0 Å². The van der Waals surface area contributed by atoms with Crippen LogP contribution in [0.4, 0.5) is 0 Å². The van der Waals surface area contributed by atoms with Crippen LogP contribution in [0.25, 0.3) is 221 Å². The first-order valence-corrected chi connectivity index (χ1v) is 48.0. The molecule has 20 aromatic carbocycles.